The van der Waals surface area contributed by atoms with E-state index >= 15 is 0 Å². The van der Waals surface area contributed by atoms with Crippen molar-refractivity contribution in [2.75, 3.05) is 0 Å². The van der Waals surface area contributed by atoms with Gasteiger partial charge in [-0.1, -0.05) is 36.4 Å². The molecule has 0 fully saturated rings. The smallest absolute Gasteiger partial charge is 0.259 e. The molecule has 0 saturated carbocycles. The molecule has 0 unspecified atom stereocenters. The summed E-state index contributed by atoms with van der Waals surface area (Å²) in [6.07, 6.45) is 3.38. The second-order valence-corrected chi connectivity index (χ2v) is 6.04. The quantitative estimate of drug-likeness (QED) is 0.363. The maximum atomic E-state index is 13.0. The van der Waals surface area contributed by atoms with Crippen LogP contribution in [0, 0.1) is 5.21 Å². The number of rotatable bonds is 2. The van der Waals surface area contributed by atoms with E-state index in [1.165, 1.54) is 0 Å². The molecule has 0 atom stereocenters. The zero-order valence-electron chi connectivity index (χ0n) is 13.8. The molecule has 2 aromatic carbocycles. The minimum atomic E-state index is 0.491. The first kappa shape index (κ1) is 14.6. The molecule has 5 nitrogen and oxygen atoms in total. The van der Waals surface area contributed by atoms with Crippen LogP contribution < -0.4 is 4.73 Å². The van der Waals surface area contributed by atoms with Gasteiger partial charge in [0.05, 0.1) is 5.52 Å². The fraction of sp³-hybridized carbons (Fsp3) is 0. The van der Waals surface area contributed by atoms with Gasteiger partial charge in [-0.05, 0) is 30.3 Å². The molecule has 26 heavy (non-hydrogen) atoms. The standard InChI is InChI=1S/C21H14N4O/c26-25-18-10-4-2-8-16(18)23-14-20(25)19-13-15-7-1-3-9-17(15)24(19)21-11-5-6-12-22-21/h1-14H. The van der Waals surface area contributed by atoms with Crippen molar-refractivity contribution in [3.8, 4) is 17.2 Å². The molecule has 5 rings (SSSR count). The molecule has 0 N–H and O–H groups in total. The molecule has 5 aromatic rings. The molecule has 5 heteroatoms. The molecule has 124 valence electrons. The molecule has 0 aliphatic heterocycles. The molecule has 0 bridgehead atoms. The first-order chi connectivity index (χ1) is 12.8. The van der Waals surface area contributed by atoms with Crippen molar-refractivity contribution in [1.82, 2.24) is 14.5 Å². The van der Waals surface area contributed by atoms with Gasteiger partial charge in [-0.3, -0.25) is 4.57 Å². The van der Waals surface area contributed by atoms with Crippen molar-refractivity contribution in [3.63, 3.8) is 0 Å². The first-order valence-electron chi connectivity index (χ1n) is 8.32. The van der Waals surface area contributed by atoms with Gasteiger partial charge in [0, 0.05) is 17.6 Å². The SMILES string of the molecule is [O-][n+]1c(-c2cc3ccccc3n2-c2ccccn2)cnc2ccccc21. The van der Waals surface area contributed by atoms with Gasteiger partial charge in [0.1, 0.15) is 23.2 Å². The molecule has 0 amide bonds. The van der Waals surface area contributed by atoms with Crippen molar-refractivity contribution in [2.45, 2.75) is 0 Å². The number of benzene rings is 2. The lowest BCUT2D eigenvalue weighted by atomic mass is 10.2. The summed E-state index contributed by atoms with van der Waals surface area (Å²) in [6, 6.07) is 23.1. The van der Waals surface area contributed by atoms with E-state index in [0.717, 1.165) is 27.1 Å². The monoisotopic (exact) mass is 338 g/mol. The van der Waals surface area contributed by atoms with Gasteiger partial charge in [-0.2, -0.15) is 4.73 Å². The highest BCUT2D eigenvalue weighted by molar-refractivity contribution is 5.88. The van der Waals surface area contributed by atoms with Gasteiger partial charge in [0.25, 0.3) is 5.69 Å². The topological polar surface area (TPSA) is 57.6 Å². The van der Waals surface area contributed by atoms with E-state index in [0.29, 0.717) is 16.7 Å². The number of hydrogen-bond acceptors (Lipinski definition) is 3. The van der Waals surface area contributed by atoms with E-state index in [9.17, 15) is 5.21 Å². The number of hydrogen-bond donors (Lipinski definition) is 0. The predicted molar refractivity (Wildman–Crippen MR) is 101 cm³/mol. The number of aromatic nitrogens is 4. The van der Waals surface area contributed by atoms with Crippen LogP contribution in [0.3, 0.4) is 0 Å². The van der Waals surface area contributed by atoms with Crippen LogP contribution >= 0.6 is 0 Å². The molecule has 3 aromatic heterocycles. The Hall–Kier alpha value is -3.73. The lowest BCUT2D eigenvalue weighted by molar-refractivity contribution is -0.565. The van der Waals surface area contributed by atoms with Crippen LogP contribution in [0.1, 0.15) is 0 Å². The summed E-state index contributed by atoms with van der Waals surface area (Å²) in [5, 5.41) is 14.1. The fourth-order valence-corrected chi connectivity index (χ4v) is 3.30. The highest BCUT2D eigenvalue weighted by Gasteiger charge is 2.21. The van der Waals surface area contributed by atoms with E-state index < -0.39 is 0 Å². The Morgan fingerprint density at radius 2 is 1.65 bits per heavy atom. The van der Waals surface area contributed by atoms with E-state index in [1.54, 1.807) is 18.5 Å². The molecular formula is C21H14N4O. The molecule has 0 aliphatic carbocycles. The number of para-hydroxylation sites is 3. The Labute approximate surface area is 149 Å². The third-order valence-electron chi connectivity index (χ3n) is 4.50. The van der Waals surface area contributed by atoms with Crippen LogP contribution in [0.2, 0.25) is 0 Å². The van der Waals surface area contributed by atoms with Crippen LogP contribution in [-0.4, -0.2) is 14.5 Å². The van der Waals surface area contributed by atoms with Crippen molar-refractivity contribution >= 4 is 21.9 Å². The normalized spacial score (nSPS) is 11.2. The Balaban J connectivity index is 1.87. The summed E-state index contributed by atoms with van der Waals surface area (Å²) in [7, 11) is 0. The Morgan fingerprint density at radius 3 is 2.54 bits per heavy atom. The highest BCUT2D eigenvalue weighted by Crippen LogP contribution is 2.29. The largest absolute Gasteiger partial charge is 0.618 e. The molecular weight excluding hydrogens is 324 g/mol. The average Bonchev–Trinajstić information content (AvgIpc) is 3.08. The zero-order valence-corrected chi connectivity index (χ0v) is 13.8. The van der Waals surface area contributed by atoms with E-state index in [2.05, 4.69) is 9.97 Å². The minimum Gasteiger partial charge on any atom is -0.618 e. The Kier molecular flexibility index (Phi) is 3.18. The average molecular weight is 338 g/mol. The highest BCUT2D eigenvalue weighted by atomic mass is 16.5. The third kappa shape index (κ3) is 2.14. The van der Waals surface area contributed by atoms with Crippen molar-refractivity contribution in [3.05, 3.63) is 90.4 Å². The van der Waals surface area contributed by atoms with Gasteiger partial charge in [0.2, 0.25) is 5.52 Å². The van der Waals surface area contributed by atoms with Crippen LogP contribution in [0.25, 0.3) is 39.1 Å². The lowest BCUT2D eigenvalue weighted by Gasteiger charge is -2.11. The zero-order chi connectivity index (χ0) is 17.5. The van der Waals surface area contributed by atoms with Gasteiger partial charge >= 0.3 is 0 Å². The summed E-state index contributed by atoms with van der Waals surface area (Å²) < 4.78 is 2.94. The van der Waals surface area contributed by atoms with Gasteiger partial charge in [-0.15, -0.1) is 0 Å². The van der Waals surface area contributed by atoms with E-state index in [4.69, 9.17) is 0 Å². The maximum absolute atomic E-state index is 13.0. The molecule has 3 heterocycles. The lowest BCUT2D eigenvalue weighted by Crippen LogP contribution is -2.31. The summed E-state index contributed by atoms with van der Waals surface area (Å²) >= 11 is 0. The maximum Gasteiger partial charge on any atom is 0.259 e. The molecule has 0 spiro atoms. The van der Waals surface area contributed by atoms with Crippen molar-refractivity contribution in [2.24, 2.45) is 0 Å². The van der Waals surface area contributed by atoms with Crippen LogP contribution in [0.5, 0.6) is 0 Å². The van der Waals surface area contributed by atoms with E-state index in [1.807, 2.05) is 71.3 Å². The number of fused-ring (bicyclic) bond motifs is 2. The number of pyridine rings is 1. The first-order valence-corrected chi connectivity index (χ1v) is 8.32. The second kappa shape index (κ2) is 5.67. The van der Waals surface area contributed by atoms with Crippen molar-refractivity contribution < 1.29 is 4.73 Å². The van der Waals surface area contributed by atoms with Crippen molar-refractivity contribution in [1.29, 1.82) is 0 Å². The Morgan fingerprint density at radius 1 is 0.846 bits per heavy atom. The fourth-order valence-electron chi connectivity index (χ4n) is 3.30. The Bertz CT molecular complexity index is 1250. The van der Waals surface area contributed by atoms with Gasteiger partial charge in [-0.25, -0.2) is 9.97 Å². The van der Waals surface area contributed by atoms with E-state index in [-0.39, 0.29) is 0 Å². The van der Waals surface area contributed by atoms with Crippen LogP contribution in [0.15, 0.2) is 85.2 Å². The summed E-state index contributed by atoms with van der Waals surface area (Å²) in [5.41, 5.74) is 3.47. The second-order valence-electron chi connectivity index (χ2n) is 6.04. The summed E-state index contributed by atoms with van der Waals surface area (Å²) in [5.74, 6) is 0.761. The molecule has 0 aliphatic rings. The third-order valence-corrected chi connectivity index (χ3v) is 4.50. The number of nitrogens with zero attached hydrogens (tertiary/aromatic N) is 4. The molecule has 0 saturated heterocycles. The van der Waals surface area contributed by atoms with Crippen LogP contribution in [0.4, 0.5) is 0 Å². The van der Waals surface area contributed by atoms with Gasteiger partial charge < -0.3 is 5.21 Å². The molecule has 0 radical (unpaired) electrons. The van der Waals surface area contributed by atoms with Crippen LogP contribution in [-0.2, 0) is 0 Å². The summed E-state index contributed by atoms with van der Waals surface area (Å²) in [4.78, 5) is 8.95. The van der Waals surface area contributed by atoms with Gasteiger partial charge in [0.15, 0.2) is 0 Å². The predicted octanol–water partition coefficient (Wildman–Crippen LogP) is 3.87. The minimum absolute atomic E-state index is 0.491. The summed E-state index contributed by atoms with van der Waals surface area (Å²) in [6.45, 7) is 0.